The van der Waals surface area contributed by atoms with Crippen molar-refractivity contribution >= 4 is 24.2 Å². The van der Waals surface area contributed by atoms with Gasteiger partial charge in [-0.05, 0) is 6.92 Å². The maximum Gasteiger partial charge on any atom is 0.237 e. The number of halogens is 1. The molecule has 1 atom stereocenters. The van der Waals surface area contributed by atoms with Crippen LogP contribution in [0.3, 0.4) is 0 Å². The molecule has 1 heterocycles. The number of nitrogens with zero attached hydrogens (tertiary/aromatic N) is 1. The van der Waals surface area contributed by atoms with Crippen LogP contribution in [0.15, 0.2) is 0 Å². The summed E-state index contributed by atoms with van der Waals surface area (Å²) >= 11 is 0. The van der Waals surface area contributed by atoms with E-state index in [4.69, 9.17) is 5.11 Å². The minimum Gasteiger partial charge on any atom is -0.395 e. The largest absolute Gasteiger partial charge is 0.395 e. The van der Waals surface area contributed by atoms with Gasteiger partial charge in [0.2, 0.25) is 11.8 Å². The van der Waals surface area contributed by atoms with Gasteiger partial charge in [-0.3, -0.25) is 9.59 Å². The number of hydrogen-bond donors (Lipinski definition) is 3. The summed E-state index contributed by atoms with van der Waals surface area (Å²) in [6.07, 6.45) is 0.152. The van der Waals surface area contributed by atoms with Crippen LogP contribution >= 0.6 is 12.4 Å². The third-order valence-corrected chi connectivity index (χ3v) is 2.61. The second kappa shape index (κ2) is 8.27. The summed E-state index contributed by atoms with van der Waals surface area (Å²) in [5.41, 5.74) is 0. The van der Waals surface area contributed by atoms with E-state index in [0.29, 0.717) is 26.2 Å². The highest BCUT2D eigenvalue weighted by atomic mass is 35.5. The average molecular weight is 266 g/mol. The molecule has 6 nitrogen and oxygen atoms in total. The standard InChI is InChI=1S/C10H19N3O3.ClH/c1-2-13(5-6-14)9(15)7-8-10(16)12-4-3-11-8;/h8,11,14H,2-7H2,1H3,(H,12,16);1H. The number of likely N-dealkylation sites (N-methyl/N-ethyl adjacent to an activating group) is 1. The number of aliphatic hydroxyl groups is 1. The van der Waals surface area contributed by atoms with Crippen molar-refractivity contribution in [3.63, 3.8) is 0 Å². The Hall–Kier alpha value is -0.850. The number of amides is 2. The zero-order chi connectivity index (χ0) is 12.0. The van der Waals surface area contributed by atoms with Gasteiger partial charge in [-0.25, -0.2) is 0 Å². The molecule has 1 saturated heterocycles. The number of carbonyl (C=O) groups is 2. The van der Waals surface area contributed by atoms with Crippen LogP contribution in [0.25, 0.3) is 0 Å². The van der Waals surface area contributed by atoms with Gasteiger partial charge in [0.1, 0.15) is 0 Å². The molecular formula is C10H20ClN3O3. The van der Waals surface area contributed by atoms with Crippen LogP contribution in [0, 0.1) is 0 Å². The third kappa shape index (κ3) is 4.89. The number of nitrogens with one attached hydrogen (secondary N) is 2. The van der Waals surface area contributed by atoms with Gasteiger partial charge < -0.3 is 20.6 Å². The topological polar surface area (TPSA) is 81.7 Å². The molecule has 0 bridgehead atoms. The molecule has 0 aliphatic carbocycles. The minimum absolute atomic E-state index is 0. The predicted molar refractivity (Wildman–Crippen MR) is 66.0 cm³/mol. The van der Waals surface area contributed by atoms with E-state index in [1.54, 1.807) is 4.90 Å². The number of aliphatic hydroxyl groups excluding tert-OH is 1. The van der Waals surface area contributed by atoms with Crippen LogP contribution in [0.4, 0.5) is 0 Å². The Morgan fingerprint density at radius 1 is 1.53 bits per heavy atom. The fourth-order valence-electron chi connectivity index (χ4n) is 1.70. The monoisotopic (exact) mass is 265 g/mol. The van der Waals surface area contributed by atoms with Crippen molar-refractivity contribution in [2.45, 2.75) is 19.4 Å². The molecule has 0 radical (unpaired) electrons. The van der Waals surface area contributed by atoms with Gasteiger partial charge in [0.25, 0.3) is 0 Å². The number of piperazine rings is 1. The van der Waals surface area contributed by atoms with E-state index in [-0.39, 0.29) is 37.2 Å². The van der Waals surface area contributed by atoms with Crippen LogP contribution < -0.4 is 10.6 Å². The highest BCUT2D eigenvalue weighted by Gasteiger charge is 2.25. The van der Waals surface area contributed by atoms with Crippen molar-refractivity contribution in [2.75, 3.05) is 32.8 Å². The fraction of sp³-hybridized carbons (Fsp3) is 0.800. The molecule has 7 heteroatoms. The van der Waals surface area contributed by atoms with Crippen molar-refractivity contribution in [3.8, 4) is 0 Å². The van der Waals surface area contributed by atoms with E-state index >= 15 is 0 Å². The van der Waals surface area contributed by atoms with E-state index in [9.17, 15) is 9.59 Å². The molecule has 100 valence electrons. The first-order chi connectivity index (χ1) is 7.69. The maximum atomic E-state index is 11.8. The van der Waals surface area contributed by atoms with Crippen molar-refractivity contribution in [2.24, 2.45) is 0 Å². The third-order valence-electron chi connectivity index (χ3n) is 2.61. The summed E-state index contributed by atoms with van der Waals surface area (Å²) in [7, 11) is 0. The van der Waals surface area contributed by atoms with Crippen molar-refractivity contribution in [1.82, 2.24) is 15.5 Å². The Kier molecular flexibility index (Phi) is 7.86. The molecule has 0 aromatic carbocycles. The highest BCUT2D eigenvalue weighted by molar-refractivity contribution is 5.88. The SMILES string of the molecule is CCN(CCO)C(=O)CC1NCCNC1=O.Cl. The van der Waals surface area contributed by atoms with Gasteiger partial charge in [0.05, 0.1) is 19.1 Å². The molecule has 0 spiro atoms. The molecule has 1 rings (SSSR count). The first-order valence-corrected chi connectivity index (χ1v) is 5.58. The Bertz CT molecular complexity index is 263. The summed E-state index contributed by atoms with van der Waals surface area (Å²) < 4.78 is 0. The molecule has 1 aliphatic heterocycles. The smallest absolute Gasteiger partial charge is 0.237 e. The van der Waals surface area contributed by atoms with Gasteiger partial charge in [-0.2, -0.15) is 0 Å². The van der Waals surface area contributed by atoms with Crippen LogP contribution in [-0.2, 0) is 9.59 Å². The zero-order valence-corrected chi connectivity index (χ0v) is 10.8. The summed E-state index contributed by atoms with van der Waals surface area (Å²) in [6.45, 7) is 3.97. The summed E-state index contributed by atoms with van der Waals surface area (Å²) in [5, 5.41) is 14.5. The summed E-state index contributed by atoms with van der Waals surface area (Å²) in [4.78, 5) is 24.7. The molecular weight excluding hydrogens is 246 g/mol. The quantitative estimate of drug-likeness (QED) is 0.579. The first-order valence-electron chi connectivity index (χ1n) is 5.58. The predicted octanol–water partition coefficient (Wildman–Crippen LogP) is -1.27. The lowest BCUT2D eigenvalue weighted by atomic mass is 10.1. The number of rotatable bonds is 5. The van der Waals surface area contributed by atoms with Gasteiger partial charge in [0, 0.05) is 26.2 Å². The van der Waals surface area contributed by atoms with Crippen molar-refractivity contribution in [3.05, 3.63) is 0 Å². The minimum atomic E-state index is -0.436. The van der Waals surface area contributed by atoms with Crippen molar-refractivity contribution in [1.29, 1.82) is 0 Å². The second-order valence-electron chi connectivity index (χ2n) is 3.70. The molecule has 1 aliphatic rings. The average Bonchev–Trinajstić information content (AvgIpc) is 2.29. The lowest BCUT2D eigenvalue weighted by molar-refractivity contribution is -0.135. The van der Waals surface area contributed by atoms with Crippen LogP contribution in [-0.4, -0.2) is 60.6 Å². The molecule has 1 unspecified atom stereocenters. The van der Waals surface area contributed by atoms with Crippen molar-refractivity contribution < 1.29 is 14.7 Å². The number of carbonyl (C=O) groups excluding carboxylic acids is 2. The normalized spacial score (nSPS) is 19.2. The highest BCUT2D eigenvalue weighted by Crippen LogP contribution is 2.01. The summed E-state index contributed by atoms with van der Waals surface area (Å²) in [5.74, 6) is -0.231. The molecule has 0 aromatic heterocycles. The molecule has 2 amide bonds. The van der Waals surface area contributed by atoms with Crippen LogP contribution in [0.5, 0.6) is 0 Å². The Morgan fingerprint density at radius 3 is 2.76 bits per heavy atom. The van der Waals surface area contributed by atoms with E-state index < -0.39 is 6.04 Å². The van der Waals surface area contributed by atoms with Gasteiger partial charge in [-0.15, -0.1) is 12.4 Å². The van der Waals surface area contributed by atoms with E-state index in [0.717, 1.165) is 0 Å². The lowest BCUT2D eigenvalue weighted by Crippen LogP contribution is -2.54. The van der Waals surface area contributed by atoms with Gasteiger partial charge >= 0.3 is 0 Å². The molecule has 3 N–H and O–H groups in total. The maximum absolute atomic E-state index is 11.8. The van der Waals surface area contributed by atoms with Crippen LogP contribution in [0.1, 0.15) is 13.3 Å². The molecule has 1 fully saturated rings. The second-order valence-corrected chi connectivity index (χ2v) is 3.70. The first kappa shape index (κ1) is 16.1. The molecule has 0 aromatic rings. The van der Waals surface area contributed by atoms with Gasteiger partial charge in [0.15, 0.2) is 0 Å². The van der Waals surface area contributed by atoms with Crippen LogP contribution in [0.2, 0.25) is 0 Å². The zero-order valence-electron chi connectivity index (χ0n) is 9.94. The van der Waals surface area contributed by atoms with E-state index in [1.807, 2.05) is 6.92 Å². The fourth-order valence-corrected chi connectivity index (χ4v) is 1.70. The lowest BCUT2D eigenvalue weighted by Gasteiger charge is -2.26. The summed E-state index contributed by atoms with van der Waals surface area (Å²) in [6, 6.07) is -0.436. The van der Waals surface area contributed by atoms with Gasteiger partial charge in [-0.1, -0.05) is 0 Å². The van der Waals surface area contributed by atoms with E-state index in [2.05, 4.69) is 10.6 Å². The Labute approximate surface area is 107 Å². The van der Waals surface area contributed by atoms with E-state index in [1.165, 1.54) is 0 Å². The Balaban J connectivity index is 0.00000256. The molecule has 17 heavy (non-hydrogen) atoms. The Morgan fingerprint density at radius 2 is 2.24 bits per heavy atom. The number of hydrogen-bond acceptors (Lipinski definition) is 4. The molecule has 0 saturated carbocycles.